The van der Waals surface area contributed by atoms with Gasteiger partial charge < -0.3 is 5.32 Å². The van der Waals surface area contributed by atoms with Crippen LogP contribution in [-0.4, -0.2) is 38.8 Å². The number of amides is 1. The SMILES string of the molecule is CC(C)C(CNC(=O)CN(C)S(=O)(=O)c1ccc(C#N)cc1)c1ccccc1. The summed E-state index contributed by atoms with van der Waals surface area (Å²) >= 11 is 0. The molecule has 1 atom stereocenters. The highest BCUT2D eigenvalue weighted by Gasteiger charge is 2.24. The summed E-state index contributed by atoms with van der Waals surface area (Å²) in [5, 5.41) is 11.7. The Morgan fingerprint density at radius 2 is 1.71 bits per heavy atom. The first kappa shape index (κ1) is 21.6. The van der Waals surface area contributed by atoms with Gasteiger partial charge in [-0.05, 0) is 35.7 Å². The van der Waals surface area contributed by atoms with E-state index in [0.29, 0.717) is 18.0 Å². The van der Waals surface area contributed by atoms with E-state index in [4.69, 9.17) is 5.26 Å². The second-order valence-corrected chi connectivity index (χ2v) is 9.01. The summed E-state index contributed by atoms with van der Waals surface area (Å²) in [6.45, 7) is 4.34. The summed E-state index contributed by atoms with van der Waals surface area (Å²) in [7, 11) is -2.44. The molecule has 0 heterocycles. The topological polar surface area (TPSA) is 90.3 Å². The van der Waals surface area contributed by atoms with Crippen LogP contribution in [0.1, 0.15) is 30.9 Å². The molecule has 7 heteroatoms. The van der Waals surface area contributed by atoms with Crippen LogP contribution in [0.4, 0.5) is 0 Å². The molecule has 0 aliphatic heterocycles. The quantitative estimate of drug-likeness (QED) is 0.739. The van der Waals surface area contributed by atoms with E-state index in [1.807, 2.05) is 36.4 Å². The van der Waals surface area contributed by atoms with Crippen LogP contribution in [-0.2, 0) is 14.8 Å². The molecular formula is C21H25N3O3S. The number of rotatable bonds is 8. The van der Waals surface area contributed by atoms with Crippen LogP contribution < -0.4 is 5.32 Å². The molecule has 148 valence electrons. The molecule has 1 N–H and O–H groups in total. The lowest BCUT2D eigenvalue weighted by Gasteiger charge is -2.23. The summed E-state index contributed by atoms with van der Waals surface area (Å²) in [5.74, 6) is 0.106. The molecule has 2 aromatic carbocycles. The van der Waals surface area contributed by atoms with Crippen molar-refractivity contribution < 1.29 is 13.2 Å². The van der Waals surface area contributed by atoms with Gasteiger partial charge in [0.15, 0.2) is 0 Å². The number of hydrogen-bond acceptors (Lipinski definition) is 4. The van der Waals surface area contributed by atoms with Crippen molar-refractivity contribution in [1.82, 2.24) is 9.62 Å². The molecule has 0 saturated carbocycles. The molecule has 0 radical (unpaired) electrons. The molecule has 0 aliphatic rings. The molecule has 0 aromatic heterocycles. The fourth-order valence-electron chi connectivity index (χ4n) is 2.89. The molecule has 2 aromatic rings. The fourth-order valence-corrected chi connectivity index (χ4v) is 4.01. The number of carbonyl (C=O) groups excluding carboxylic acids is 1. The minimum absolute atomic E-state index is 0.0474. The van der Waals surface area contributed by atoms with Crippen LogP contribution in [0, 0.1) is 17.2 Å². The highest BCUT2D eigenvalue weighted by molar-refractivity contribution is 7.89. The van der Waals surface area contributed by atoms with Gasteiger partial charge in [0, 0.05) is 19.5 Å². The number of sulfonamides is 1. The van der Waals surface area contributed by atoms with E-state index in [-0.39, 0.29) is 23.3 Å². The molecule has 1 amide bonds. The molecule has 2 rings (SSSR count). The molecule has 28 heavy (non-hydrogen) atoms. The molecule has 0 aliphatic carbocycles. The van der Waals surface area contributed by atoms with E-state index in [0.717, 1.165) is 9.87 Å². The van der Waals surface area contributed by atoms with Gasteiger partial charge in [-0.25, -0.2) is 8.42 Å². The summed E-state index contributed by atoms with van der Waals surface area (Å²) in [6, 6.07) is 17.5. The van der Waals surface area contributed by atoms with Gasteiger partial charge in [-0.1, -0.05) is 44.2 Å². The van der Waals surface area contributed by atoms with Gasteiger partial charge in [-0.3, -0.25) is 4.79 Å². The summed E-state index contributed by atoms with van der Waals surface area (Å²) in [5.41, 5.74) is 1.51. The molecule has 6 nitrogen and oxygen atoms in total. The van der Waals surface area contributed by atoms with Crippen molar-refractivity contribution in [3.63, 3.8) is 0 Å². The van der Waals surface area contributed by atoms with Crippen LogP contribution in [0.5, 0.6) is 0 Å². The smallest absolute Gasteiger partial charge is 0.243 e. The second-order valence-electron chi connectivity index (χ2n) is 6.96. The first-order valence-corrected chi connectivity index (χ1v) is 10.5. The van der Waals surface area contributed by atoms with Crippen molar-refractivity contribution in [3.8, 4) is 6.07 Å². The number of likely N-dealkylation sites (N-methyl/N-ethyl adjacent to an activating group) is 1. The van der Waals surface area contributed by atoms with Crippen molar-refractivity contribution in [3.05, 3.63) is 65.7 Å². The van der Waals surface area contributed by atoms with E-state index in [9.17, 15) is 13.2 Å². The molecule has 1 unspecified atom stereocenters. The molecule has 0 saturated heterocycles. The Balaban J connectivity index is 2.00. The Morgan fingerprint density at radius 3 is 2.25 bits per heavy atom. The third-order valence-corrected chi connectivity index (χ3v) is 6.43. The first-order valence-electron chi connectivity index (χ1n) is 9.04. The Bertz CT molecular complexity index is 933. The van der Waals surface area contributed by atoms with Crippen molar-refractivity contribution in [2.45, 2.75) is 24.7 Å². The van der Waals surface area contributed by atoms with Gasteiger partial charge in [0.05, 0.1) is 23.1 Å². The average Bonchev–Trinajstić information content (AvgIpc) is 2.68. The van der Waals surface area contributed by atoms with Crippen LogP contribution in [0.2, 0.25) is 0 Å². The fraction of sp³-hybridized carbons (Fsp3) is 0.333. The van der Waals surface area contributed by atoms with Crippen molar-refractivity contribution in [1.29, 1.82) is 5.26 Å². The predicted octanol–water partition coefficient (Wildman–Crippen LogP) is 2.73. The van der Waals surface area contributed by atoms with Crippen molar-refractivity contribution in [2.24, 2.45) is 5.92 Å². The van der Waals surface area contributed by atoms with Gasteiger partial charge in [-0.2, -0.15) is 9.57 Å². The highest BCUT2D eigenvalue weighted by atomic mass is 32.2. The van der Waals surface area contributed by atoms with E-state index in [2.05, 4.69) is 19.2 Å². The number of hydrogen-bond donors (Lipinski definition) is 1. The van der Waals surface area contributed by atoms with E-state index < -0.39 is 10.0 Å². The Kier molecular flexibility index (Phi) is 7.32. The number of nitrogens with zero attached hydrogens (tertiary/aromatic N) is 2. The van der Waals surface area contributed by atoms with Crippen LogP contribution in [0.25, 0.3) is 0 Å². The van der Waals surface area contributed by atoms with Crippen LogP contribution in [0.15, 0.2) is 59.5 Å². The van der Waals surface area contributed by atoms with E-state index in [1.54, 1.807) is 0 Å². The number of benzene rings is 2. The summed E-state index contributed by atoms with van der Waals surface area (Å²) in [6.07, 6.45) is 0. The van der Waals surface area contributed by atoms with E-state index in [1.165, 1.54) is 31.3 Å². The minimum Gasteiger partial charge on any atom is -0.354 e. The van der Waals surface area contributed by atoms with Crippen LogP contribution in [0.3, 0.4) is 0 Å². The van der Waals surface area contributed by atoms with Crippen molar-refractivity contribution in [2.75, 3.05) is 20.1 Å². The third-order valence-electron chi connectivity index (χ3n) is 4.61. The van der Waals surface area contributed by atoms with Gasteiger partial charge in [0.25, 0.3) is 0 Å². The maximum atomic E-state index is 12.6. The largest absolute Gasteiger partial charge is 0.354 e. The summed E-state index contributed by atoms with van der Waals surface area (Å²) in [4.78, 5) is 12.4. The normalized spacial score (nSPS) is 12.6. The number of carbonyl (C=O) groups is 1. The predicted molar refractivity (Wildman–Crippen MR) is 108 cm³/mol. The lowest BCUT2D eigenvalue weighted by Crippen LogP contribution is -2.40. The molecule has 0 spiro atoms. The number of nitriles is 1. The number of nitrogens with one attached hydrogen (secondary N) is 1. The Labute approximate surface area is 166 Å². The lowest BCUT2D eigenvalue weighted by molar-refractivity contribution is -0.121. The maximum absolute atomic E-state index is 12.6. The Hall–Kier alpha value is -2.69. The zero-order chi connectivity index (χ0) is 20.7. The third kappa shape index (κ3) is 5.41. The molecule has 0 bridgehead atoms. The van der Waals surface area contributed by atoms with Gasteiger partial charge in [0.2, 0.25) is 15.9 Å². The van der Waals surface area contributed by atoms with Gasteiger partial charge >= 0.3 is 0 Å². The highest BCUT2D eigenvalue weighted by Crippen LogP contribution is 2.23. The average molecular weight is 400 g/mol. The van der Waals surface area contributed by atoms with E-state index >= 15 is 0 Å². The second kappa shape index (κ2) is 9.49. The van der Waals surface area contributed by atoms with Gasteiger partial charge in [-0.15, -0.1) is 0 Å². The monoisotopic (exact) mass is 399 g/mol. The zero-order valence-electron chi connectivity index (χ0n) is 16.3. The minimum atomic E-state index is -3.80. The molecular weight excluding hydrogens is 374 g/mol. The first-order chi connectivity index (χ1) is 13.3. The standard InChI is InChI=1S/C21H25N3O3S/c1-16(2)20(18-7-5-4-6-8-18)14-23-21(25)15-24(3)28(26,27)19-11-9-17(13-22)10-12-19/h4-12,16,20H,14-15H2,1-3H3,(H,23,25). The van der Waals surface area contributed by atoms with Crippen molar-refractivity contribution >= 4 is 15.9 Å². The van der Waals surface area contributed by atoms with Gasteiger partial charge in [0.1, 0.15) is 0 Å². The van der Waals surface area contributed by atoms with Crippen LogP contribution >= 0.6 is 0 Å². The Morgan fingerprint density at radius 1 is 1.11 bits per heavy atom. The molecule has 0 fully saturated rings. The maximum Gasteiger partial charge on any atom is 0.243 e. The lowest BCUT2D eigenvalue weighted by atomic mass is 9.88. The zero-order valence-corrected chi connectivity index (χ0v) is 17.1. The summed E-state index contributed by atoms with van der Waals surface area (Å²) < 4.78 is 26.2.